The van der Waals surface area contributed by atoms with Gasteiger partial charge < -0.3 is 15.2 Å². The summed E-state index contributed by atoms with van der Waals surface area (Å²) in [5.74, 6) is -0.312. The van der Waals surface area contributed by atoms with Gasteiger partial charge in [-0.05, 0) is 42.4 Å². The molecule has 1 amide bonds. The Hall–Kier alpha value is -2.01. The summed E-state index contributed by atoms with van der Waals surface area (Å²) in [6.45, 7) is 0. The zero-order chi connectivity index (χ0) is 16.6. The number of carboxylic acid groups (broad SMARTS) is 1. The number of carboxylic acids is 1. The number of hydrogen-bond acceptors (Lipinski definition) is 3. The first-order valence-corrected chi connectivity index (χ1v) is 7.92. The minimum atomic E-state index is -1.12. The van der Waals surface area contributed by atoms with Gasteiger partial charge in [-0.3, -0.25) is 4.79 Å². The van der Waals surface area contributed by atoms with Crippen LogP contribution in [-0.2, 0) is 9.59 Å². The Balaban J connectivity index is 1.77. The fraction of sp³-hybridized carbons (Fsp3) is 0.412. The molecule has 1 aromatic carbocycles. The van der Waals surface area contributed by atoms with E-state index in [2.05, 4.69) is 17.5 Å². The van der Waals surface area contributed by atoms with Crippen LogP contribution in [0.5, 0.6) is 5.75 Å². The van der Waals surface area contributed by atoms with E-state index in [1.807, 2.05) is 0 Å². The van der Waals surface area contributed by atoms with E-state index >= 15 is 0 Å². The van der Waals surface area contributed by atoms with Crippen LogP contribution in [0.2, 0.25) is 5.02 Å². The van der Waals surface area contributed by atoms with Crippen LogP contribution in [0, 0.1) is 17.8 Å². The normalized spacial score (nSPS) is 26.1. The summed E-state index contributed by atoms with van der Waals surface area (Å²) in [5.41, 5.74) is 0.426. The van der Waals surface area contributed by atoms with Gasteiger partial charge >= 0.3 is 5.97 Å². The second kappa shape index (κ2) is 6.24. The molecule has 0 heterocycles. The predicted molar refractivity (Wildman–Crippen MR) is 85.4 cm³/mol. The third kappa shape index (κ3) is 3.06. The van der Waals surface area contributed by atoms with Gasteiger partial charge in [-0.2, -0.15) is 0 Å². The molecule has 2 N–H and O–H groups in total. The van der Waals surface area contributed by atoms with Crippen LogP contribution < -0.4 is 10.1 Å². The summed E-state index contributed by atoms with van der Waals surface area (Å²) < 4.78 is 5.06. The molecule has 0 aromatic heterocycles. The van der Waals surface area contributed by atoms with Crippen molar-refractivity contribution in [1.29, 1.82) is 0 Å². The number of carbonyl (C=O) groups excluding carboxylic acids is 1. The minimum absolute atomic E-state index is 0.138. The lowest BCUT2D eigenvalue weighted by molar-refractivity contribution is -0.142. The smallest absolute Gasteiger partial charge is 0.330 e. The van der Waals surface area contributed by atoms with E-state index in [4.69, 9.17) is 16.3 Å². The molecule has 5 nitrogen and oxygen atoms in total. The van der Waals surface area contributed by atoms with Crippen molar-refractivity contribution in [2.75, 3.05) is 7.11 Å². The highest BCUT2D eigenvalue weighted by Crippen LogP contribution is 2.43. The van der Waals surface area contributed by atoms with Crippen molar-refractivity contribution in [3.05, 3.63) is 40.9 Å². The summed E-state index contributed by atoms with van der Waals surface area (Å²) in [6, 6.07) is 3.60. The molecular weight excluding hydrogens is 318 g/mol. The highest BCUT2D eigenvalue weighted by molar-refractivity contribution is 6.32. The van der Waals surface area contributed by atoms with E-state index in [-0.39, 0.29) is 17.7 Å². The van der Waals surface area contributed by atoms with Gasteiger partial charge in [-0.15, -0.1) is 0 Å². The molecule has 6 heteroatoms. The van der Waals surface area contributed by atoms with Crippen LogP contribution in [-0.4, -0.2) is 24.1 Å². The largest absolute Gasteiger partial charge is 0.495 e. The molecule has 2 bridgehead atoms. The molecule has 1 saturated carbocycles. The van der Waals surface area contributed by atoms with E-state index in [1.54, 1.807) is 12.1 Å². The Bertz CT molecular complexity index is 673. The SMILES string of the molecule is COc1ccc([C@@H](NC(=O)[C@H]2C[C@H]3C=C[C@H]2C3)C(=O)O)cc1Cl. The van der Waals surface area contributed by atoms with Crippen LogP contribution >= 0.6 is 11.6 Å². The standard InChI is InChI=1S/C17H18ClNO4/c1-23-14-5-4-11(8-13(14)18)15(17(21)22)19-16(20)12-7-9-2-3-10(12)6-9/h2-5,8-10,12,15H,6-7H2,1H3,(H,19,20)(H,21,22)/t9-,10-,12-,15+/m0/s1. The number of fused-ring (bicyclic) bond motifs is 2. The highest BCUT2D eigenvalue weighted by atomic mass is 35.5. The number of benzene rings is 1. The van der Waals surface area contributed by atoms with Crippen molar-refractivity contribution in [1.82, 2.24) is 5.32 Å². The number of ether oxygens (including phenoxy) is 1. The van der Waals surface area contributed by atoms with E-state index in [0.29, 0.717) is 22.3 Å². The second-order valence-electron chi connectivity index (χ2n) is 6.06. The van der Waals surface area contributed by atoms with Gasteiger partial charge in [0.1, 0.15) is 5.75 Å². The maximum absolute atomic E-state index is 12.5. The van der Waals surface area contributed by atoms with Crippen molar-refractivity contribution in [3.63, 3.8) is 0 Å². The van der Waals surface area contributed by atoms with Gasteiger partial charge in [-0.25, -0.2) is 4.79 Å². The Morgan fingerprint density at radius 1 is 1.35 bits per heavy atom. The number of nitrogens with one attached hydrogen (secondary N) is 1. The van der Waals surface area contributed by atoms with Crippen molar-refractivity contribution in [3.8, 4) is 5.75 Å². The number of rotatable bonds is 5. The van der Waals surface area contributed by atoms with Gasteiger partial charge in [0.2, 0.25) is 5.91 Å². The summed E-state index contributed by atoms with van der Waals surface area (Å²) in [6.07, 6.45) is 6.00. The number of aliphatic carboxylic acids is 1. The highest BCUT2D eigenvalue weighted by Gasteiger charge is 2.40. The van der Waals surface area contributed by atoms with E-state index < -0.39 is 12.0 Å². The lowest BCUT2D eigenvalue weighted by atomic mass is 9.92. The van der Waals surface area contributed by atoms with E-state index in [1.165, 1.54) is 13.2 Å². The molecule has 1 aromatic rings. The zero-order valence-electron chi connectivity index (χ0n) is 12.7. The molecule has 0 spiro atoms. The van der Waals surface area contributed by atoms with Gasteiger partial charge in [0.05, 0.1) is 12.1 Å². The molecule has 3 rings (SSSR count). The Morgan fingerprint density at radius 2 is 2.13 bits per heavy atom. The third-order valence-corrected chi connectivity index (χ3v) is 4.95. The van der Waals surface area contributed by atoms with Gasteiger partial charge in [0.15, 0.2) is 6.04 Å². The first-order valence-electron chi connectivity index (χ1n) is 7.54. The molecule has 0 saturated heterocycles. The predicted octanol–water partition coefficient (Wildman–Crippen LogP) is 2.80. The van der Waals surface area contributed by atoms with Gasteiger partial charge in [0, 0.05) is 5.92 Å². The quantitative estimate of drug-likeness (QED) is 0.811. The van der Waals surface area contributed by atoms with Crippen molar-refractivity contribution < 1.29 is 19.4 Å². The Morgan fingerprint density at radius 3 is 2.65 bits per heavy atom. The molecule has 1 fully saturated rings. The Kier molecular flexibility index (Phi) is 4.31. The molecule has 4 atom stereocenters. The minimum Gasteiger partial charge on any atom is -0.495 e. The molecule has 0 aliphatic heterocycles. The maximum atomic E-state index is 12.5. The van der Waals surface area contributed by atoms with E-state index in [9.17, 15) is 14.7 Å². The summed E-state index contributed by atoms with van der Waals surface area (Å²) in [4.78, 5) is 24.0. The number of hydrogen-bond donors (Lipinski definition) is 2. The lowest BCUT2D eigenvalue weighted by Crippen LogP contribution is -2.39. The molecule has 2 aliphatic rings. The number of allylic oxidation sites excluding steroid dienone is 2. The number of halogens is 1. The van der Waals surface area contributed by atoms with Gasteiger partial charge in [0.25, 0.3) is 0 Å². The summed E-state index contributed by atoms with van der Waals surface area (Å²) in [5, 5.41) is 12.4. The first-order chi connectivity index (χ1) is 11.0. The molecule has 122 valence electrons. The molecule has 0 unspecified atom stereocenters. The average molecular weight is 336 g/mol. The third-order valence-electron chi connectivity index (χ3n) is 4.66. The van der Waals surface area contributed by atoms with Gasteiger partial charge in [-0.1, -0.05) is 29.8 Å². The van der Waals surface area contributed by atoms with Crippen molar-refractivity contribution in [2.24, 2.45) is 17.8 Å². The second-order valence-corrected chi connectivity index (χ2v) is 6.47. The Labute approximate surface area is 139 Å². The fourth-order valence-corrected chi connectivity index (χ4v) is 3.75. The maximum Gasteiger partial charge on any atom is 0.330 e. The van der Waals surface area contributed by atoms with Crippen LogP contribution in [0.4, 0.5) is 0 Å². The summed E-state index contributed by atoms with van der Waals surface area (Å²) in [7, 11) is 1.49. The van der Waals surface area contributed by atoms with Crippen LogP contribution in [0.15, 0.2) is 30.4 Å². The average Bonchev–Trinajstić information content (AvgIpc) is 3.15. The zero-order valence-corrected chi connectivity index (χ0v) is 13.4. The van der Waals surface area contributed by atoms with Crippen LogP contribution in [0.3, 0.4) is 0 Å². The topological polar surface area (TPSA) is 75.6 Å². The number of carbonyl (C=O) groups is 2. The summed E-state index contributed by atoms with van der Waals surface area (Å²) >= 11 is 6.05. The molecule has 2 aliphatic carbocycles. The fourth-order valence-electron chi connectivity index (χ4n) is 3.48. The number of methoxy groups -OCH3 is 1. The monoisotopic (exact) mass is 335 g/mol. The van der Waals surface area contributed by atoms with Crippen LogP contribution in [0.1, 0.15) is 24.4 Å². The van der Waals surface area contributed by atoms with Crippen LogP contribution in [0.25, 0.3) is 0 Å². The molecular formula is C17H18ClNO4. The molecule has 0 radical (unpaired) electrons. The molecule has 23 heavy (non-hydrogen) atoms. The van der Waals surface area contributed by atoms with Crippen molar-refractivity contribution >= 4 is 23.5 Å². The first kappa shape index (κ1) is 15.9. The van der Waals surface area contributed by atoms with E-state index in [0.717, 1.165) is 12.8 Å². The number of amides is 1. The lowest BCUT2D eigenvalue weighted by Gasteiger charge is -2.21. The van der Waals surface area contributed by atoms with Crippen molar-refractivity contribution in [2.45, 2.75) is 18.9 Å².